The number of hydrogen-bond donors (Lipinski definition) is 1. The molecule has 8 atom stereocenters. The third kappa shape index (κ3) is 5.49. The summed E-state index contributed by atoms with van der Waals surface area (Å²) < 4.78 is 88.8. The van der Waals surface area contributed by atoms with Gasteiger partial charge in [0.1, 0.15) is 24.0 Å². The monoisotopic (exact) mass is 570 g/mol. The van der Waals surface area contributed by atoms with Gasteiger partial charge in [0.25, 0.3) is 0 Å². The van der Waals surface area contributed by atoms with Crippen molar-refractivity contribution in [1.29, 1.82) is 0 Å². The lowest BCUT2D eigenvalue weighted by Gasteiger charge is -2.28. The Morgan fingerprint density at radius 2 is 1.68 bits per heavy atom. The zero-order valence-corrected chi connectivity index (χ0v) is 21.3. The minimum atomic E-state index is -5.84. The SMILES string of the molecule is CC(OC(=O)C1C2OC3C(OC(=O)C31)C2OC(=O)CCC(=O)OC(C)C(F)(F)S(=O)(=O)O)OC1CCCC1. The van der Waals surface area contributed by atoms with Crippen LogP contribution in [0.5, 0.6) is 0 Å². The van der Waals surface area contributed by atoms with Gasteiger partial charge in [-0.2, -0.15) is 17.2 Å². The zero-order valence-electron chi connectivity index (χ0n) is 20.4. The number of carbonyl (C=O) groups is 4. The highest BCUT2D eigenvalue weighted by atomic mass is 32.2. The minimum Gasteiger partial charge on any atom is -0.455 e. The van der Waals surface area contributed by atoms with Crippen molar-refractivity contribution in [3.63, 3.8) is 0 Å². The molecule has 1 aliphatic carbocycles. The third-order valence-electron chi connectivity index (χ3n) is 7.07. The number of alkyl halides is 2. The van der Waals surface area contributed by atoms with Crippen molar-refractivity contribution < 1.29 is 69.4 Å². The van der Waals surface area contributed by atoms with Crippen LogP contribution < -0.4 is 0 Å². The Morgan fingerprint density at radius 1 is 1.05 bits per heavy atom. The first kappa shape index (κ1) is 28.6. The topological polar surface area (TPSA) is 178 Å². The fraction of sp³-hybridized carbons (Fsp3) is 0.818. The van der Waals surface area contributed by atoms with E-state index in [1.54, 1.807) is 6.92 Å². The molecule has 0 aromatic rings. The fourth-order valence-corrected chi connectivity index (χ4v) is 5.72. The molecular formula is C22H28F2O13S. The van der Waals surface area contributed by atoms with Gasteiger partial charge in [-0.25, -0.2) is 0 Å². The summed E-state index contributed by atoms with van der Waals surface area (Å²) >= 11 is 0. The second-order valence-electron chi connectivity index (χ2n) is 9.69. The lowest BCUT2D eigenvalue weighted by Crippen LogP contribution is -2.48. The second kappa shape index (κ2) is 10.6. The van der Waals surface area contributed by atoms with Crippen molar-refractivity contribution in [3.8, 4) is 0 Å². The van der Waals surface area contributed by atoms with Gasteiger partial charge >= 0.3 is 39.2 Å². The van der Waals surface area contributed by atoms with Crippen molar-refractivity contribution in [2.24, 2.45) is 11.8 Å². The van der Waals surface area contributed by atoms with Crippen LogP contribution in [0.15, 0.2) is 0 Å². The Labute approximate surface area is 216 Å². The molecule has 1 saturated carbocycles. The highest BCUT2D eigenvalue weighted by Gasteiger charge is 2.72. The molecule has 0 aromatic heterocycles. The summed E-state index contributed by atoms with van der Waals surface area (Å²) in [5.74, 6) is -5.90. The van der Waals surface area contributed by atoms with Gasteiger partial charge in [0.15, 0.2) is 24.6 Å². The normalized spacial score (nSPS) is 32.1. The minimum absolute atomic E-state index is 0.0300. The number of fused-ring (bicyclic) bond motifs is 1. The molecule has 16 heteroatoms. The summed E-state index contributed by atoms with van der Waals surface area (Å²) in [6.45, 7) is 2.11. The van der Waals surface area contributed by atoms with E-state index in [0.717, 1.165) is 25.7 Å². The van der Waals surface area contributed by atoms with Crippen LogP contribution in [0.4, 0.5) is 8.78 Å². The van der Waals surface area contributed by atoms with Crippen LogP contribution in [0.3, 0.4) is 0 Å². The molecule has 3 saturated heterocycles. The molecule has 4 fully saturated rings. The van der Waals surface area contributed by atoms with Crippen LogP contribution in [0.1, 0.15) is 52.4 Å². The molecule has 3 aliphatic heterocycles. The molecule has 4 aliphatic rings. The van der Waals surface area contributed by atoms with Crippen LogP contribution in [-0.2, 0) is 57.7 Å². The predicted octanol–water partition coefficient (Wildman–Crippen LogP) is 0.878. The number of hydrogen-bond acceptors (Lipinski definition) is 12. The van der Waals surface area contributed by atoms with E-state index in [-0.39, 0.29) is 6.10 Å². The Kier molecular flexibility index (Phi) is 7.99. The summed E-state index contributed by atoms with van der Waals surface area (Å²) in [7, 11) is -5.84. The quantitative estimate of drug-likeness (QED) is 0.160. The van der Waals surface area contributed by atoms with Crippen molar-refractivity contribution >= 4 is 34.0 Å². The predicted molar refractivity (Wildman–Crippen MR) is 116 cm³/mol. The summed E-state index contributed by atoms with van der Waals surface area (Å²) in [6.07, 6.45) is -5.19. The first-order valence-electron chi connectivity index (χ1n) is 12.2. The molecule has 13 nitrogen and oxygen atoms in total. The maximum absolute atomic E-state index is 13.5. The van der Waals surface area contributed by atoms with Crippen LogP contribution in [0, 0.1) is 11.8 Å². The van der Waals surface area contributed by atoms with Crippen LogP contribution >= 0.6 is 0 Å². The second-order valence-corrected chi connectivity index (χ2v) is 11.2. The summed E-state index contributed by atoms with van der Waals surface area (Å²) in [4.78, 5) is 49.6. The van der Waals surface area contributed by atoms with Crippen LogP contribution in [-0.4, -0.2) is 85.0 Å². The average Bonchev–Trinajstić information content (AvgIpc) is 3.56. The molecule has 0 radical (unpaired) electrons. The lowest BCUT2D eigenvalue weighted by atomic mass is 9.78. The Balaban J connectivity index is 1.31. The standard InChI is InChI=1S/C22H28F2O13S/c1-9(22(23,24)38(29,30)31)32-12(25)7-8-13(26)35-18-16-14(15-17(36-16)19(18)37-21(15)28)20(27)34-10(2)33-11-5-3-4-6-11/h9-11,14-19H,3-8H2,1-2H3,(H,29,30,31). The van der Waals surface area contributed by atoms with E-state index >= 15 is 0 Å². The molecule has 0 aromatic carbocycles. The molecular weight excluding hydrogens is 542 g/mol. The molecule has 38 heavy (non-hydrogen) atoms. The molecule has 214 valence electrons. The van der Waals surface area contributed by atoms with E-state index in [9.17, 15) is 36.4 Å². The first-order valence-corrected chi connectivity index (χ1v) is 13.6. The van der Waals surface area contributed by atoms with Gasteiger partial charge in [-0.05, 0) is 26.7 Å². The van der Waals surface area contributed by atoms with Gasteiger partial charge in [-0.15, -0.1) is 0 Å². The highest BCUT2D eigenvalue weighted by Crippen LogP contribution is 2.51. The molecule has 1 N–H and O–H groups in total. The van der Waals surface area contributed by atoms with E-state index < -0.39 is 101 Å². The average molecular weight is 571 g/mol. The van der Waals surface area contributed by atoms with Gasteiger partial charge in [0, 0.05) is 0 Å². The van der Waals surface area contributed by atoms with E-state index in [4.69, 9.17) is 28.2 Å². The molecule has 0 spiro atoms. The Bertz CT molecular complexity index is 1070. The van der Waals surface area contributed by atoms with Gasteiger partial charge in [0.2, 0.25) is 0 Å². The van der Waals surface area contributed by atoms with E-state index in [0.29, 0.717) is 6.92 Å². The number of halogens is 2. The first-order chi connectivity index (χ1) is 17.7. The smallest absolute Gasteiger partial charge is 0.405 e. The summed E-state index contributed by atoms with van der Waals surface area (Å²) in [5.41, 5.74) is 0. The number of esters is 4. The molecule has 8 unspecified atom stereocenters. The van der Waals surface area contributed by atoms with E-state index in [1.807, 2.05) is 0 Å². The Hall–Kier alpha value is -2.43. The van der Waals surface area contributed by atoms with E-state index in [2.05, 4.69) is 4.74 Å². The molecule has 2 bridgehead atoms. The zero-order chi connectivity index (χ0) is 28.0. The summed E-state index contributed by atoms with van der Waals surface area (Å²) in [6, 6.07) is 0. The maximum atomic E-state index is 13.5. The highest BCUT2D eigenvalue weighted by molar-refractivity contribution is 7.86. The van der Waals surface area contributed by atoms with Gasteiger partial charge in [-0.1, -0.05) is 12.8 Å². The van der Waals surface area contributed by atoms with Crippen LogP contribution in [0.2, 0.25) is 0 Å². The van der Waals surface area contributed by atoms with Crippen molar-refractivity contribution in [2.75, 3.05) is 0 Å². The van der Waals surface area contributed by atoms with Crippen molar-refractivity contribution in [3.05, 3.63) is 0 Å². The number of ether oxygens (including phenoxy) is 6. The maximum Gasteiger partial charge on any atom is 0.405 e. The lowest BCUT2D eigenvalue weighted by molar-refractivity contribution is -0.193. The third-order valence-corrected chi connectivity index (χ3v) is 8.09. The molecule has 0 amide bonds. The Morgan fingerprint density at radius 3 is 2.32 bits per heavy atom. The van der Waals surface area contributed by atoms with Crippen LogP contribution in [0.25, 0.3) is 0 Å². The fourth-order valence-electron chi connectivity index (χ4n) is 5.25. The van der Waals surface area contributed by atoms with Gasteiger partial charge in [0.05, 0.1) is 18.9 Å². The summed E-state index contributed by atoms with van der Waals surface area (Å²) in [5, 5.41) is -4.75. The number of rotatable bonds is 11. The molecule has 4 rings (SSSR count). The van der Waals surface area contributed by atoms with Gasteiger partial charge in [-0.3, -0.25) is 23.7 Å². The number of carbonyl (C=O) groups excluding carboxylic acids is 4. The largest absolute Gasteiger partial charge is 0.455 e. The molecule has 3 heterocycles. The van der Waals surface area contributed by atoms with E-state index in [1.165, 1.54) is 0 Å². The van der Waals surface area contributed by atoms with Crippen molar-refractivity contribution in [2.45, 2.75) is 101 Å². The van der Waals surface area contributed by atoms with Crippen molar-refractivity contribution in [1.82, 2.24) is 0 Å². The van der Waals surface area contributed by atoms with Gasteiger partial charge < -0.3 is 28.4 Å².